The lowest BCUT2D eigenvalue weighted by atomic mass is 10.1. The second kappa shape index (κ2) is 5.88. The second-order valence-electron chi connectivity index (χ2n) is 5.12. The molecule has 0 bridgehead atoms. The number of benzene rings is 2. The molecule has 1 N–H and O–H groups in total. The Hall–Kier alpha value is -1.84. The van der Waals surface area contributed by atoms with Gasteiger partial charge in [-0.05, 0) is 47.8 Å². The zero-order valence-electron chi connectivity index (χ0n) is 11.7. The first-order valence-corrected chi connectivity index (χ1v) is 7.21. The van der Waals surface area contributed by atoms with Crippen LogP contribution in [-0.4, -0.2) is 11.6 Å². The van der Waals surface area contributed by atoms with Gasteiger partial charge in [-0.1, -0.05) is 29.8 Å². The zero-order valence-corrected chi connectivity index (χ0v) is 12.5. The molecule has 2 aromatic carbocycles. The molecule has 21 heavy (non-hydrogen) atoms. The van der Waals surface area contributed by atoms with E-state index in [0.29, 0.717) is 6.54 Å². The maximum Gasteiger partial charge on any atom is 0.141 e. The Kier molecular flexibility index (Phi) is 3.95. The molecule has 0 saturated heterocycles. The van der Waals surface area contributed by atoms with Gasteiger partial charge in [-0.15, -0.1) is 0 Å². The lowest BCUT2D eigenvalue weighted by molar-refractivity contribution is 0.627. The summed E-state index contributed by atoms with van der Waals surface area (Å²) in [4.78, 5) is 0. The fraction of sp³-hybridized carbons (Fsp3) is 0.176. The van der Waals surface area contributed by atoms with E-state index in [1.165, 1.54) is 22.5 Å². The van der Waals surface area contributed by atoms with Gasteiger partial charge in [0.1, 0.15) is 5.82 Å². The molecule has 4 heteroatoms. The third kappa shape index (κ3) is 2.94. The van der Waals surface area contributed by atoms with Gasteiger partial charge in [-0.3, -0.25) is 0 Å². The van der Waals surface area contributed by atoms with Crippen molar-refractivity contribution in [3.63, 3.8) is 0 Å². The minimum atomic E-state index is -0.380. The van der Waals surface area contributed by atoms with Crippen molar-refractivity contribution >= 4 is 22.5 Å². The number of fused-ring (bicyclic) bond motifs is 1. The standard InChI is InChI=1S/C17H16ClFN2/c1-20-10-12-2-4-14-6-7-21(17(14)9-12)11-13-3-5-16(19)15(18)8-13/h2-9,20H,10-11H2,1H3. The normalized spacial score (nSPS) is 11.2. The molecule has 0 atom stereocenters. The van der Waals surface area contributed by atoms with Crippen molar-refractivity contribution in [2.45, 2.75) is 13.1 Å². The van der Waals surface area contributed by atoms with Gasteiger partial charge >= 0.3 is 0 Å². The molecule has 3 aromatic rings. The van der Waals surface area contributed by atoms with E-state index in [1.54, 1.807) is 12.1 Å². The first-order valence-electron chi connectivity index (χ1n) is 6.83. The van der Waals surface area contributed by atoms with E-state index in [9.17, 15) is 4.39 Å². The molecule has 0 aliphatic carbocycles. The van der Waals surface area contributed by atoms with Crippen molar-refractivity contribution in [1.29, 1.82) is 0 Å². The molecule has 0 radical (unpaired) electrons. The molecule has 0 fully saturated rings. The Morgan fingerprint density at radius 3 is 2.67 bits per heavy atom. The van der Waals surface area contributed by atoms with Crippen molar-refractivity contribution in [2.24, 2.45) is 0 Å². The molecular weight excluding hydrogens is 287 g/mol. The Labute approximate surface area is 128 Å². The van der Waals surface area contributed by atoms with Crippen LogP contribution in [0.15, 0.2) is 48.7 Å². The maximum absolute atomic E-state index is 13.2. The molecule has 3 rings (SSSR count). The van der Waals surface area contributed by atoms with Crippen molar-refractivity contribution in [3.8, 4) is 0 Å². The minimum Gasteiger partial charge on any atom is -0.343 e. The molecule has 0 spiro atoms. The van der Waals surface area contributed by atoms with Gasteiger partial charge in [0.25, 0.3) is 0 Å². The van der Waals surface area contributed by atoms with Gasteiger partial charge in [0.05, 0.1) is 5.02 Å². The molecule has 1 aromatic heterocycles. The van der Waals surface area contributed by atoms with E-state index in [4.69, 9.17) is 11.6 Å². The number of halogens is 2. The van der Waals surface area contributed by atoms with E-state index < -0.39 is 0 Å². The largest absolute Gasteiger partial charge is 0.343 e. The van der Waals surface area contributed by atoms with Crippen LogP contribution in [0, 0.1) is 5.82 Å². The molecule has 0 amide bonds. The summed E-state index contributed by atoms with van der Waals surface area (Å²) in [5.74, 6) is -0.380. The molecule has 0 aliphatic heterocycles. The first kappa shape index (κ1) is 14.1. The number of hydrogen-bond acceptors (Lipinski definition) is 1. The third-order valence-corrected chi connectivity index (χ3v) is 3.85. The van der Waals surface area contributed by atoms with E-state index in [-0.39, 0.29) is 10.8 Å². The second-order valence-corrected chi connectivity index (χ2v) is 5.52. The monoisotopic (exact) mass is 302 g/mol. The van der Waals surface area contributed by atoms with Gasteiger partial charge < -0.3 is 9.88 Å². The van der Waals surface area contributed by atoms with Crippen molar-refractivity contribution in [3.05, 3.63) is 70.6 Å². The fourth-order valence-electron chi connectivity index (χ4n) is 2.52. The number of nitrogens with zero attached hydrogens (tertiary/aromatic N) is 1. The van der Waals surface area contributed by atoms with Gasteiger partial charge in [-0.2, -0.15) is 0 Å². The van der Waals surface area contributed by atoms with Gasteiger partial charge in [0.15, 0.2) is 0 Å². The Morgan fingerprint density at radius 2 is 1.90 bits per heavy atom. The quantitative estimate of drug-likeness (QED) is 0.764. The maximum atomic E-state index is 13.2. The smallest absolute Gasteiger partial charge is 0.141 e. The average molecular weight is 303 g/mol. The van der Waals surface area contributed by atoms with Crippen LogP contribution in [0.3, 0.4) is 0 Å². The highest BCUT2D eigenvalue weighted by atomic mass is 35.5. The highest BCUT2D eigenvalue weighted by Gasteiger charge is 2.05. The highest BCUT2D eigenvalue weighted by Crippen LogP contribution is 2.21. The molecule has 1 heterocycles. The number of rotatable bonds is 4. The van der Waals surface area contributed by atoms with Crippen LogP contribution >= 0.6 is 11.6 Å². The summed E-state index contributed by atoms with van der Waals surface area (Å²) >= 11 is 5.85. The van der Waals surface area contributed by atoms with Crippen LogP contribution in [0.2, 0.25) is 5.02 Å². The number of aromatic nitrogens is 1. The van der Waals surface area contributed by atoms with Crippen LogP contribution in [0.25, 0.3) is 10.9 Å². The third-order valence-electron chi connectivity index (χ3n) is 3.56. The summed E-state index contributed by atoms with van der Waals surface area (Å²) in [5.41, 5.74) is 3.39. The van der Waals surface area contributed by atoms with Crippen molar-refractivity contribution in [1.82, 2.24) is 9.88 Å². The average Bonchev–Trinajstić information content (AvgIpc) is 2.86. The van der Waals surface area contributed by atoms with Crippen molar-refractivity contribution in [2.75, 3.05) is 7.05 Å². The first-order chi connectivity index (χ1) is 10.2. The molecular formula is C17H16ClFN2. The van der Waals surface area contributed by atoms with Crippen molar-refractivity contribution < 1.29 is 4.39 Å². The molecule has 0 unspecified atom stereocenters. The lowest BCUT2D eigenvalue weighted by Crippen LogP contribution is -2.05. The topological polar surface area (TPSA) is 17.0 Å². The SMILES string of the molecule is CNCc1ccc2ccn(Cc3ccc(F)c(Cl)c3)c2c1. The van der Waals surface area contributed by atoms with Crippen LogP contribution in [0.1, 0.15) is 11.1 Å². The summed E-state index contributed by atoms with van der Waals surface area (Å²) in [6.07, 6.45) is 2.05. The molecule has 0 aliphatic rings. The van der Waals surface area contributed by atoms with Gasteiger partial charge in [-0.25, -0.2) is 4.39 Å². The zero-order chi connectivity index (χ0) is 14.8. The van der Waals surface area contributed by atoms with Crippen LogP contribution in [0.4, 0.5) is 4.39 Å². The Balaban J connectivity index is 1.95. The Bertz CT molecular complexity index is 780. The highest BCUT2D eigenvalue weighted by molar-refractivity contribution is 6.30. The fourth-order valence-corrected chi connectivity index (χ4v) is 2.72. The van der Waals surface area contributed by atoms with E-state index in [1.807, 2.05) is 13.2 Å². The minimum absolute atomic E-state index is 0.167. The van der Waals surface area contributed by atoms with E-state index in [2.05, 4.69) is 34.1 Å². The summed E-state index contributed by atoms with van der Waals surface area (Å²) in [7, 11) is 1.93. The molecule has 0 saturated carbocycles. The summed E-state index contributed by atoms with van der Waals surface area (Å²) in [6.45, 7) is 1.51. The van der Waals surface area contributed by atoms with Crippen LogP contribution in [0.5, 0.6) is 0 Å². The summed E-state index contributed by atoms with van der Waals surface area (Å²) in [6, 6.07) is 13.4. The van der Waals surface area contributed by atoms with Gasteiger partial charge in [0.2, 0.25) is 0 Å². The summed E-state index contributed by atoms with van der Waals surface area (Å²) in [5, 5.41) is 4.52. The predicted octanol–water partition coefficient (Wildman–Crippen LogP) is 4.20. The molecule has 2 nitrogen and oxygen atoms in total. The summed E-state index contributed by atoms with van der Waals surface area (Å²) < 4.78 is 15.4. The van der Waals surface area contributed by atoms with Crippen LogP contribution < -0.4 is 5.32 Å². The number of nitrogens with one attached hydrogen (secondary N) is 1. The predicted molar refractivity (Wildman–Crippen MR) is 85.2 cm³/mol. The van der Waals surface area contributed by atoms with E-state index in [0.717, 1.165) is 12.1 Å². The molecule has 108 valence electrons. The Morgan fingerprint density at radius 1 is 1.10 bits per heavy atom. The lowest BCUT2D eigenvalue weighted by Gasteiger charge is -2.08. The van der Waals surface area contributed by atoms with Gasteiger partial charge in [0, 0.05) is 24.8 Å². The van der Waals surface area contributed by atoms with E-state index >= 15 is 0 Å². The number of hydrogen-bond donors (Lipinski definition) is 1. The van der Waals surface area contributed by atoms with Crippen LogP contribution in [-0.2, 0) is 13.1 Å².